The van der Waals surface area contributed by atoms with Gasteiger partial charge in [-0.15, -0.1) is 0 Å². The van der Waals surface area contributed by atoms with Gasteiger partial charge in [0.15, 0.2) is 17.2 Å². The maximum absolute atomic E-state index is 6.19. The summed E-state index contributed by atoms with van der Waals surface area (Å²) in [5.41, 5.74) is 7.52. The Hall–Kier alpha value is -2.86. The minimum atomic E-state index is 0.367. The van der Waals surface area contributed by atoms with E-state index in [4.69, 9.17) is 21.8 Å². The monoisotopic (exact) mass is 325 g/mol. The molecule has 0 radical (unpaired) electrons. The highest BCUT2D eigenvalue weighted by Crippen LogP contribution is 2.23. The minimum Gasteiger partial charge on any atom is -0.461 e. The maximum atomic E-state index is 6.19. The fourth-order valence-corrected chi connectivity index (χ4v) is 2.57. The molecule has 0 aliphatic carbocycles. The first-order valence-electron chi connectivity index (χ1n) is 6.98. The Kier molecular flexibility index (Phi) is 3.24. The van der Waals surface area contributed by atoms with E-state index in [1.54, 1.807) is 23.1 Å². The van der Waals surface area contributed by atoms with Crippen molar-refractivity contribution in [2.45, 2.75) is 6.54 Å². The molecule has 2 N–H and O–H groups in total. The fraction of sp³-hybridized carbons (Fsp3) is 0.0625. The molecule has 7 heteroatoms. The van der Waals surface area contributed by atoms with Crippen LogP contribution in [0.1, 0.15) is 5.56 Å². The lowest BCUT2D eigenvalue weighted by molar-refractivity contribution is 0.577. The van der Waals surface area contributed by atoms with E-state index in [-0.39, 0.29) is 0 Å². The summed E-state index contributed by atoms with van der Waals surface area (Å²) in [6.45, 7) is 0.533. The van der Waals surface area contributed by atoms with Crippen molar-refractivity contribution in [3.05, 3.63) is 59.4 Å². The lowest BCUT2D eigenvalue weighted by Crippen LogP contribution is -2.00. The van der Waals surface area contributed by atoms with Crippen LogP contribution < -0.4 is 5.73 Å². The van der Waals surface area contributed by atoms with E-state index in [2.05, 4.69) is 15.1 Å². The van der Waals surface area contributed by atoms with E-state index < -0.39 is 0 Å². The molecule has 1 aromatic carbocycles. The molecule has 0 saturated heterocycles. The summed E-state index contributed by atoms with van der Waals surface area (Å²) >= 11 is 6.19. The smallest absolute Gasteiger partial charge is 0.199 e. The maximum Gasteiger partial charge on any atom is 0.199 e. The van der Waals surface area contributed by atoms with Gasteiger partial charge in [0.25, 0.3) is 0 Å². The number of anilines is 1. The van der Waals surface area contributed by atoms with Crippen LogP contribution in [0.4, 0.5) is 5.82 Å². The quantitative estimate of drug-likeness (QED) is 0.624. The minimum absolute atomic E-state index is 0.367. The summed E-state index contributed by atoms with van der Waals surface area (Å²) in [7, 11) is 0. The van der Waals surface area contributed by atoms with Crippen LogP contribution in [0.25, 0.3) is 22.6 Å². The molecule has 0 aliphatic heterocycles. The largest absolute Gasteiger partial charge is 0.461 e. The van der Waals surface area contributed by atoms with Crippen molar-refractivity contribution in [3.63, 3.8) is 0 Å². The van der Waals surface area contributed by atoms with Gasteiger partial charge in [0.05, 0.1) is 18.2 Å². The van der Waals surface area contributed by atoms with Gasteiger partial charge in [-0.25, -0.2) is 9.97 Å². The first-order valence-corrected chi connectivity index (χ1v) is 7.36. The zero-order valence-corrected chi connectivity index (χ0v) is 12.7. The molecule has 0 aliphatic rings. The van der Waals surface area contributed by atoms with Crippen LogP contribution in [0.3, 0.4) is 0 Å². The SMILES string of the molecule is Nc1nc(-c2ccco2)nc2nn(Cc3ccccc3Cl)cc12. The van der Waals surface area contributed by atoms with Crippen molar-refractivity contribution in [2.24, 2.45) is 0 Å². The number of nitrogens with zero attached hydrogens (tertiary/aromatic N) is 4. The molecule has 0 saturated carbocycles. The molecule has 0 amide bonds. The summed E-state index contributed by atoms with van der Waals surface area (Å²) in [4.78, 5) is 8.69. The van der Waals surface area contributed by atoms with Gasteiger partial charge in [0, 0.05) is 11.2 Å². The van der Waals surface area contributed by atoms with Crippen LogP contribution in [0.2, 0.25) is 5.02 Å². The molecule has 0 fully saturated rings. The van der Waals surface area contributed by atoms with Crippen LogP contribution in [-0.2, 0) is 6.54 Å². The third-order valence-corrected chi connectivity index (χ3v) is 3.86. The van der Waals surface area contributed by atoms with Crippen LogP contribution in [0.15, 0.2) is 53.3 Å². The van der Waals surface area contributed by atoms with E-state index in [1.807, 2.05) is 30.5 Å². The summed E-state index contributed by atoms with van der Waals surface area (Å²) in [6.07, 6.45) is 3.38. The molecule has 3 heterocycles. The van der Waals surface area contributed by atoms with Gasteiger partial charge in [-0.3, -0.25) is 4.68 Å². The van der Waals surface area contributed by atoms with Gasteiger partial charge in [-0.1, -0.05) is 29.8 Å². The number of hydrogen-bond donors (Lipinski definition) is 1. The van der Waals surface area contributed by atoms with Gasteiger partial charge >= 0.3 is 0 Å². The predicted octanol–water partition coefficient (Wildman–Crippen LogP) is 3.37. The first kappa shape index (κ1) is 13.8. The molecule has 0 bridgehead atoms. The highest BCUT2D eigenvalue weighted by atomic mass is 35.5. The zero-order chi connectivity index (χ0) is 15.8. The molecular weight excluding hydrogens is 314 g/mol. The summed E-state index contributed by atoms with van der Waals surface area (Å²) in [5.74, 6) is 1.34. The third kappa shape index (κ3) is 2.53. The van der Waals surface area contributed by atoms with E-state index in [9.17, 15) is 0 Å². The summed E-state index contributed by atoms with van der Waals surface area (Å²) in [6, 6.07) is 11.2. The zero-order valence-electron chi connectivity index (χ0n) is 12.0. The average molecular weight is 326 g/mol. The molecule has 4 rings (SSSR count). The Balaban J connectivity index is 1.76. The Labute approximate surface area is 136 Å². The molecule has 114 valence electrons. The summed E-state index contributed by atoms with van der Waals surface area (Å²) < 4.78 is 7.06. The number of halogens is 1. The van der Waals surface area contributed by atoms with Gasteiger partial charge in [0.2, 0.25) is 0 Å². The van der Waals surface area contributed by atoms with E-state index in [1.165, 1.54) is 0 Å². The highest BCUT2D eigenvalue weighted by Gasteiger charge is 2.13. The van der Waals surface area contributed by atoms with Crippen LogP contribution in [0, 0.1) is 0 Å². The summed E-state index contributed by atoms with van der Waals surface area (Å²) in [5, 5.41) is 5.86. The molecule has 23 heavy (non-hydrogen) atoms. The molecular formula is C16H12ClN5O. The molecule has 3 aromatic heterocycles. The van der Waals surface area contributed by atoms with Crippen molar-refractivity contribution in [1.82, 2.24) is 19.7 Å². The van der Waals surface area contributed by atoms with E-state index >= 15 is 0 Å². The van der Waals surface area contributed by atoms with Crippen LogP contribution in [0.5, 0.6) is 0 Å². The predicted molar refractivity (Wildman–Crippen MR) is 88.0 cm³/mol. The van der Waals surface area contributed by atoms with E-state index in [0.717, 1.165) is 5.56 Å². The molecule has 6 nitrogen and oxygen atoms in total. The molecule has 0 unspecified atom stereocenters. The molecule has 0 atom stereocenters. The normalized spacial score (nSPS) is 11.2. The van der Waals surface area contributed by atoms with Crippen molar-refractivity contribution in [1.29, 1.82) is 0 Å². The number of rotatable bonds is 3. The Morgan fingerprint density at radius 3 is 2.78 bits per heavy atom. The Morgan fingerprint density at radius 2 is 2.00 bits per heavy atom. The number of aromatic nitrogens is 4. The highest BCUT2D eigenvalue weighted by molar-refractivity contribution is 6.31. The van der Waals surface area contributed by atoms with E-state index in [0.29, 0.717) is 40.0 Å². The van der Waals surface area contributed by atoms with Crippen molar-refractivity contribution in [3.8, 4) is 11.6 Å². The lowest BCUT2D eigenvalue weighted by Gasteiger charge is -2.03. The molecule has 4 aromatic rings. The van der Waals surface area contributed by atoms with Gasteiger partial charge in [-0.05, 0) is 23.8 Å². The van der Waals surface area contributed by atoms with Gasteiger partial charge in [-0.2, -0.15) is 5.10 Å². The Bertz CT molecular complexity index is 977. The second kappa shape index (κ2) is 5.40. The van der Waals surface area contributed by atoms with Crippen molar-refractivity contribution >= 4 is 28.5 Å². The lowest BCUT2D eigenvalue weighted by atomic mass is 10.2. The number of nitrogens with two attached hydrogens (primary N) is 1. The second-order valence-corrected chi connectivity index (χ2v) is 5.47. The van der Waals surface area contributed by atoms with Gasteiger partial charge in [0.1, 0.15) is 5.82 Å². The topological polar surface area (TPSA) is 82.8 Å². The van der Waals surface area contributed by atoms with Crippen LogP contribution in [-0.4, -0.2) is 19.7 Å². The number of benzene rings is 1. The fourth-order valence-electron chi connectivity index (χ4n) is 2.37. The third-order valence-electron chi connectivity index (χ3n) is 3.49. The second-order valence-electron chi connectivity index (χ2n) is 5.07. The number of nitrogen functional groups attached to an aromatic ring is 1. The number of hydrogen-bond acceptors (Lipinski definition) is 5. The van der Waals surface area contributed by atoms with Crippen molar-refractivity contribution < 1.29 is 4.42 Å². The molecule has 0 spiro atoms. The van der Waals surface area contributed by atoms with Gasteiger partial charge < -0.3 is 10.2 Å². The first-order chi connectivity index (χ1) is 11.2. The number of fused-ring (bicyclic) bond motifs is 1. The average Bonchev–Trinajstić information content (AvgIpc) is 3.19. The Morgan fingerprint density at radius 1 is 1.13 bits per heavy atom. The standard InChI is InChI=1S/C16H12ClN5O/c17-12-5-2-1-4-10(12)8-22-9-11-14(18)19-16(20-15(11)21-22)13-6-3-7-23-13/h1-7,9H,8H2,(H2,18,19,20,21). The van der Waals surface area contributed by atoms with Crippen molar-refractivity contribution in [2.75, 3.05) is 5.73 Å². The number of furan rings is 1. The van der Waals surface area contributed by atoms with Crippen LogP contribution >= 0.6 is 11.6 Å².